The highest BCUT2D eigenvalue weighted by atomic mass is 35.5. The Hall–Kier alpha value is -3.07. The lowest BCUT2D eigenvalue weighted by Crippen LogP contribution is -2.28. The predicted octanol–water partition coefficient (Wildman–Crippen LogP) is 4.20. The first-order chi connectivity index (χ1) is 14.5. The summed E-state index contributed by atoms with van der Waals surface area (Å²) in [6.45, 7) is 1.30. The molecule has 1 aliphatic rings. The molecule has 1 atom stereocenters. The molecule has 1 fully saturated rings. The highest BCUT2D eigenvalue weighted by molar-refractivity contribution is 6.33. The molecule has 0 bridgehead atoms. The van der Waals surface area contributed by atoms with Crippen molar-refractivity contribution in [3.05, 3.63) is 58.6 Å². The maximum Gasteiger partial charge on any atom is 0.416 e. The van der Waals surface area contributed by atoms with Crippen molar-refractivity contribution >= 4 is 40.8 Å². The first-order valence-electron chi connectivity index (χ1n) is 9.25. The number of halogens is 4. The van der Waals surface area contributed by atoms with Crippen molar-refractivity contribution in [2.24, 2.45) is 5.92 Å². The molecule has 0 spiro atoms. The third-order valence-corrected chi connectivity index (χ3v) is 5.05. The molecular weight excluding hydrogens is 437 g/mol. The van der Waals surface area contributed by atoms with Gasteiger partial charge in [-0.2, -0.15) is 13.2 Å². The molecule has 0 saturated carbocycles. The second-order valence-corrected chi connectivity index (χ2v) is 7.50. The normalized spacial score (nSPS) is 16.4. The van der Waals surface area contributed by atoms with Gasteiger partial charge in [0, 0.05) is 18.7 Å². The van der Waals surface area contributed by atoms with E-state index in [1.54, 1.807) is 12.1 Å². The van der Waals surface area contributed by atoms with Crippen molar-refractivity contribution in [2.45, 2.75) is 19.5 Å². The summed E-state index contributed by atoms with van der Waals surface area (Å²) in [4.78, 5) is 38.0. The number of amides is 2. The van der Waals surface area contributed by atoms with Gasteiger partial charge in [-0.1, -0.05) is 29.3 Å². The van der Waals surface area contributed by atoms with Crippen LogP contribution in [0.4, 0.5) is 24.5 Å². The molecule has 31 heavy (non-hydrogen) atoms. The number of nitrogens with zero attached hydrogens (tertiary/aromatic N) is 1. The molecule has 0 radical (unpaired) electrons. The lowest BCUT2D eigenvalue weighted by atomic mass is 10.1. The zero-order valence-electron chi connectivity index (χ0n) is 16.3. The smallest absolute Gasteiger partial charge is 0.416 e. The van der Waals surface area contributed by atoms with Gasteiger partial charge in [0.25, 0.3) is 5.91 Å². The maximum absolute atomic E-state index is 12.8. The number of esters is 1. The van der Waals surface area contributed by atoms with Gasteiger partial charge >= 0.3 is 12.1 Å². The molecule has 10 heteroatoms. The molecule has 0 aliphatic carbocycles. The molecule has 0 aromatic heterocycles. The second-order valence-electron chi connectivity index (χ2n) is 7.09. The third-order valence-electron chi connectivity index (χ3n) is 4.72. The number of anilines is 2. The summed E-state index contributed by atoms with van der Waals surface area (Å²) >= 11 is 5.82. The number of carbonyl (C=O) groups excluding carboxylic acids is 3. The van der Waals surface area contributed by atoms with Crippen LogP contribution in [0.2, 0.25) is 5.02 Å². The van der Waals surface area contributed by atoms with Crippen molar-refractivity contribution < 1.29 is 32.3 Å². The number of rotatable bonds is 5. The predicted molar refractivity (Wildman–Crippen MR) is 108 cm³/mol. The minimum Gasteiger partial charge on any atom is -0.455 e. The van der Waals surface area contributed by atoms with Crippen molar-refractivity contribution in [2.75, 3.05) is 23.4 Å². The number of nitrogens with one attached hydrogen (secondary N) is 1. The van der Waals surface area contributed by atoms with Gasteiger partial charge in [-0.3, -0.25) is 14.4 Å². The summed E-state index contributed by atoms with van der Waals surface area (Å²) in [6.07, 6.45) is -4.66. The van der Waals surface area contributed by atoms with Crippen molar-refractivity contribution in [3.8, 4) is 0 Å². The molecule has 2 amide bonds. The lowest BCUT2D eigenvalue weighted by molar-refractivity contribution is -0.151. The highest BCUT2D eigenvalue weighted by Gasteiger charge is 2.36. The Bertz CT molecular complexity index is 1010. The Morgan fingerprint density at radius 3 is 2.52 bits per heavy atom. The summed E-state index contributed by atoms with van der Waals surface area (Å²) in [5.74, 6) is -2.59. The molecule has 164 valence electrons. The van der Waals surface area contributed by atoms with E-state index in [-0.39, 0.29) is 29.6 Å². The topological polar surface area (TPSA) is 75.7 Å². The van der Waals surface area contributed by atoms with Crippen LogP contribution in [0.3, 0.4) is 0 Å². The lowest BCUT2D eigenvalue weighted by Gasteiger charge is -2.16. The summed E-state index contributed by atoms with van der Waals surface area (Å²) in [5, 5.41) is 2.10. The fourth-order valence-corrected chi connectivity index (χ4v) is 3.24. The van der Waals surface area contributed by atoms with Crippen LogP contribution in [0, 0.1) is 12.8 Å². The number of hydrogen-bond acceptors (Lipinski definition) is 4. The number of ether oxygens (including phenoxy) is 1. The van der Waals surface area contributed by atoms with Gasteiger partial charge in [0.1, 0.15) is 0 Å². The monoisotopic (exact) mass is 454 g/mol. The van der Waals surface area contributed by atoms with Crippen LogP contribution < -0.4 is 10.2 Å². The standard InChI is InChI=1S/C21H18ClF3N2O4/c1-12-2-5-15(6-3-12)27-10-13(8-19(27)29)20(30)31-11-18(28)26-17-9-14(21(23,24)25)4-7-16(17)22/h2-7,9,13H,8,10-11H2,1H3,(H,26,28)/t13-/m0/s1. The number of hydrogen-bond donors (Lipinski definition) is 1. The van der Waals surface area contributed by atoms with Gasteiger partial charge in [-0.25, -0.2) is 0 Å². The van der Waals surface area contributed by atoms with Gasteiger partial charge in [0.05, 0.1) is 22.2 Å². The third kappa shape index (κ3) is 5.55. The zero-order valence-corrected chi connectivity index (χ0v) is 17.1. The number of aryl methyl sites for hydroxylation is 1. The van der Waals surface area contributed by atoms with Gasteiger partial charge in [0.2, 0.25) is 5.91 Å². The molecule has 1 saturated heterocycles. The summed E-state index contributed by atoms with van der Waals surface area (Å²) in [5.41, 5.74) is 0.449. The van der Waals surface area contributed by atoms with E-state index in [0.29, 0.717) is 11.8 Å². The molecule has 2 aromatic carbocycles. The van der Waals surface area contributed by atoms with E-state index in [1.165, 1.54) is 4.90 Å². The average molecular weight is 455 g/mol. The van der Waals surface area contributed by atoms with Gasteiger partial charge in [0.15, 0.2) is 6.61 Å². The van der Waals surface area contributed by atoms with Crippen LogP contribution in [0.5, 0.6) is 0 Å². The summed E-state index contributed by atoms with van der Waals surface area (Å²) in [7, 11) is 0. The van der Waals surface area contributed by atoms with Crippen LogP contribution in [0.1, 0.15) is 17.5 Å². The van der Waals surface area contributed by atoms with E-state index in [0.717, 1.165) is 17.7 Å². The molecular formula is C21H18ClF3N2O4. The fraction of sp³-hybridized carbons (Fsp3) is 0.286. The van der Waals surface area contributed by atoms with E-state index in [1.807, 2.05) is 19.1 Å². The van der Waals surface area contributed by atoms with E-state index < -0.39 is 36.1 Å². The number of benzene rings is 2. The molecule has 1 N–H and O–H groups in total. The van der Waals surface area contributed by atoms with E-state index >= 15 is 0 Å². The van der Waals surface area contributed by atoms with Crippen LogP contribution >= 0.6 is 11.6 Å². The summed E-state index contributed by atoms with van der Waals surface area (Å²) < 4.78 is 43.4. The minimum atomic E-state index is -4.60. The van der Waals surface area contributed by atoms with Gasteiger partial charge in [-0.05, 0) is 37.3 Å². The molecule has 3 rings (SSSR count). The van der Waals surface area contributed by atoms with Crippen molar-refractivity contribution in [1.82, 2.24) is 0 Å². The SMILES string of the molecule is Cc1ccc(N2C[C@@H](C(=O)OCC(=O)Nc3cc(C(F)(F)F)ccc3Cl)CC2=O)cc1. The number of carbonyl (C=O) groups is 3. The van der Waals surface area contributed by atoms with Crippen molar-refractivity contribution in [3.63, 3.8) is 0 Å². The fourth-order valence-electron chi connectivity index (χ4n) is 3.08. The average Bonchev–Trinajstić information content (AvgIpc) is 3.09. The second kappa shape index (κ2) is 8.97. The Morgan fingerprint density at radius 2 is 1.87 bits per heavy atom. The Morgan fingerprint density at radius 1 is 1.19 bits per heavy atom. The highest BCUT2D eigenvalue weighted by Crippen LogP contribution is 2.33. The molecule has 0 unspecified atom stereocenters. The summed E-state index contributed by atoms with van der Waals surface area (Å²) in [6, 6.07) is 9.72. The van der Waals surface area contributed by atoms with Crippen LogP contribution in [-0.4, -0.2) is 30.9 Å². The van der Waals surface area contributed by atoms with E-state index in [2.05, 4.69) is 5.32 Å². The molecule has 1 aliphatic heterocycles. The van der Waals surface area contributed by atoms with Crippen LogP contribution in [0.15, 0.2) is 42.5 Å². The van der Waals surface area contributed by atoms with Gasteiger partial charge in [-0.15, -0.1) is 0 Å². The maximum atomic E-state index is 12.8. The van der Waals surface area contributed by atoms with Crippen LogP contribution in [-0.2, 0) is 25.3 Å². The Kier molecular flexibility index (Phi) is 6.54. The van der Waals surface area contributed by atoms with Crippen molar-refractivity contribution in [1.29, 1.82) is 0 Å². The largest absolute Gasteiger partial charge is 0.455 e. The van der Waals surface area contributed by atoms with E-state index in [9.17, 15) is 27.6 Å². The minimum absolute atomic E-state index is 0.0617. The van der Waals surface area contributed by atoms with Crippen LogP contribution in [0.25, 0.3) is 0 Å². The zero-order chi connectivity index (χ0) is 22.8. The number of alkyl halides is 3. The van der Waals surface area contributed by atoms with Gasteiger partial charge < -0.3 is 15.0 Å². The molecule has 6 nitrogen and oxygen atoms in total. The van der Waals surface area contributed by atoms with E-state index in [4.69, 9.17) is 16.3 Å². The quantitative estimate of drug-likeness (QED) is 0.687. The molecule has 1 heterocycles. The molecule has 2 aromatic rings. The first kappa shape index (κ1) is 22.6. The Labute approximate surface area is 180 Å². The first-order valence-corrected chi connectivity index (χ1v) is 9.62. The Balaban J connectivity index is 1.56.